The van der Waals surface area contributed by atoms with Crippen molar-refractivity contribution in [1.82, 2.24) is 0 Å². The predicted molar refractivity (Wildman–Crippen MR) is 131 cm³/mol. The predicted octanol–water partition coefficient (Wildman–Crippen LogP) is 7.37. The number of hydrogen-bond acceptors (Lipinski definition) is 3. The fourth-order valence-corrected chi connectivity index (χ4v) is 4.22. The number of phenols is 1. The largest absolute Gasteiger partial charge is 0.508 e. The molecule has 1 fully saturated rings. The minimum Gasteiger partial charge on any atom is -0.508 e. The van der Waals surface area contributed by atoms with Gasteiger partial charge in [-0.2, -0.15) is 0 Å². The van der Waals surface area contributed by atoms with Gasteiger partial charge in [0, 0.05) is 5.69 Å². The summed E-state index contributed by atoms with van der Waals surface area (Å²) in [6.07, 6.45) is 16.9. The number of aryl methyl sites for hydroxylation is 1. The first-order valence-corrected chi connectivity index (χ1v) is 11.3. The molecule has 0 bridgehead atoms. The van der Waals surface area contributed by atoms with Crippen molar-refractivity contribution < 1.29 is 9.84 Å². The number of ether oxygens (including phenoxy) is 1. The molecular weight excluding hydrogens is 382 g/mol. The van der Waals surface area contributed by atoms with Crippen molar-refractivity contribution >= 4 is 5.69 Å². The van der Waals surface area contributed by atoms with Crippen LogP contribution < -0.4 is 5.32 Å². The highest BCUT2D eigenvalue weighted by molar-refractivity contribution is 5.51. The van der Waals surface area contributed by atoms with Gasteiger partial charge in [0.05, 0.1) is 0 Å². The molecule has 166 valence electrons. The number of nitrogens with one attached hydrogen (secondary N) is 1. The van der Waals surface area contributed by atoms with Crippen molar-refractivity contribution in [1.29, 1.82) is 0 Å². The fraction of sp³-hybridized carbons (Fsp3) is 0.429. The van der Waals surface area contributed by atoms with Crippen LogP contribution in [0.25, 0.3) is 0 Å². The van der Waals surface area contributed by atoms with E-state index in [-0.39, 0.29) is 17.7 Å². The summed E-state index contributed by atoms with van der Waals surface area (Å²) in [4.78, 5) is 0. The Balaban J connectivity index is 1.52. The highest BCUT2D eigenvalue weighted by atomic mass is 16.6. The zero-order valence-corrected chi connectivity index (χ0v) is 19.8. The number of allylic oxidation sites excluding steroid dienone is 9. The van der Waals surface area contributed by atoms with Crippen LogP contribution in [0.15, 0.2) is 76.9 Å². The summed E-state index contributed by atoms with van der Waals surface area (Å²) in [5.74, 6) is 0.312. The van der Waals surface area contributed by atoms with Gasteiger partial charge in [0.15, 0.2) is 6.23 Å². The third-order valence-electron chi connectivity index (χ3n) is 6.23. The quantitative estimate of drug-likeness (QED) is 0.275. The number of epoxide rings is 1. The number of phenolic OH excluding ortho intramolecular Hbond substituents is 1. The molecule has 1 heterocycles. The minimum atomic E-state index is -0.0112. The van der Waals surface area contributed by atoms with Crippen LogP contribution in [0.2, 0.25) is 0 Å². The van der Waals surface area contributed by atoms with Crippen LogP contribution in [0.3, 0.4) is 0 Å². The molecule has 2 aliphatic rings. The van der Waals surface area contributed by atoms with Gasteiger partial charge in [-0.05, 0) is 87.8 Å². The number of aromatic hydroxyl groups is 1. The molecule has 3 heteroatoms. The van der Waals surface area contributed by atoms with Gasteiger partial charge in [-0.15, -0.1) is 0 Å². The molecule has 0 amide bonds. The Kier molecular flexibility index (Phi) is 7.27. The lowest BCUT2D eigenvalue weighted by Gasteiger charge is -2.32. The van der Waals surface area contributed by atoms with Crippen molar-refractivity contribution in [3.05, 3.63) is 82.5 Å². The van der Waals surface area contributed by atoms with Crippen molar-refractivity contribution in [3.8, 4) is 5.75 Å². The number of rotatable bonds is 7. The molecular formula is C28H37NO2. The number of hydrogen-bond donors (Lipinski definition) is 2. The molecule has 2 N–H and O–H groups in total. The Morgan fingerprint density at radius 3 is 2.65 bits per heavy atom. The average molecular weight is 420 g/mol. The van der Waals surface area contributed by atoms with E-state index in [1.807, 2.05) is 19.1 Å². The third kappa shape index (κ3) is 6.48. The van der Waals surface area contributed by atoms with Crippen molar-refractivity contribution in [2.75, 3.05) is 5.32 Å². The second-order valence-corrected chi connectivity index (χ2v) is 9.61. The van der Waals surface area contributed by atoms with E-state index in [0.29, 0.717) is 5.75 Å². The first-order chi connectivity index (χ1) is 14.7. The van der Waals surface area contributed by atoms with Gasteiger partial charge in [-0.3, -0.25) is 0 Å². The normalized spacial score (nSPS) is 24.3. The summed E-state index contributed by atoms with van der Waals surface area (Å²) in [6, 6.07) is 5.50. The van der Waals surface area contributed by atoms with Crippen LogP contribution in [0.4, 0.5) is 5.69 Å². The van der Waals surface area contributed by atoms with Gasteiger partial charge in [-0.1, -0.05) is 60.9 Å². The molecule has 3 rings (SSSR count). The molecule has 1 aromatic rings. The average Bonchev–Trinajstić information content (AvgIpc) is 3.40. The monoisotopic (exact) mass is 419 g/mol. The lowest BCUT2D eigenvalue weighted by atomic mass is 9.72. The first kappa shape index (κ1) is 23.1. The molecule has 2 atom stereocenters. The zero-order valence-electron chi connectivity index (χ0n) is 19.8. The Hall–Kier alpha value is -2.52. The van der Waals surface area contributed by atoms with Crippen LogP contribution in [0, 0.1) is 12.3 Å². The van der Waals surface area contributed by atoms with Crippen LogP contribution >= 0.6 is 0 Å². The summed E-state index contributed by atoms with van der Waals surface area (Å²) in [5.41, 5.74) is 7.55. The third-order valence-corrected chi connectivity index (χ3v) is 6.23. The molecule has 1 saturated heterocycles. The molecule has 3 nitrogen and oxygen atoms in total. The second kappa shape index (κ2) is 9.74. The van der Waals surface area contributed by atoms with Gasteiger partial charge < -0.3 is 15.2 Å². The molecule has 2 unspecified atom stereocenters. The number of benzene rings is 1. The van der Waals surface area contributed by atoms with Crippen molar-refractivity contribution in [2.24, 2.45) is 5.41 Å². The molecule has 1 aliphatic carbocycles. The smallest absolute Gasteiger partial charge is 0.159 e. The van der Waals surface area contributed by atoms with Gasteiger partial charge in [0.25, 0.3) is 0 Å². The lowest BCUT2D eigenvalue weighted by molar-refractivity contribution is 0.377. The van der Waals surface area contributed by atoms with E-state index in [1.165, 1.54) is 41.6 Å². The molecule has 0 saturated carbocycles. The summed E-state index contributed by atoms with van der Waals surface area (Å²) in [6.45, 7) is 13.1. The van der Waals surface area contributed by atoms with Crippen LogP contribution in [0.5, 0.6) is 5.75 Å². The minimum absolute atomic E-state index is 0.0112. The highest BCUT2D eigenvalue weighted by Crippen LogP contribution is 2.40. The summed E-state index contributed by atoms with van der Waals surface area (Å²) in [5, 5.41) is 13.0. The van der Waals surface area contributed by atoms with Crippen LogP contribution in [0.1, 0.15) is 59.4 Å². The van der Waals surface area contributed by atoms with Crippen LogP contribution in [-0.2, 0) is 4.74 Å². The maximum Gasteiger partial charge on any atom is 0.159 e. The van der Waals surface area contributed by atoms with E-state index in [2.05, 4.69) is 76.4 Å². The van der Waals surface area contributed by atoms with Gasteiger partial charge in [0.1, 0.15) is 11.9 Å². The van der Waals surface area contributed by atoms with E-state index in [0.717, 1.165) is 11.3 Å². The van der Waals surface area contributed by atoms with E-state index in [1.54, 1.807) is 6.07 Å². The van der Waals surface area contributed by atoms with Crippen LogP contribution in [-0.4, -0.2) is 17.4 Å². The molecule has 0 aromatic heterocycles. The zero-order chi connectivity index (χ0) is 22.6. The Morgan fingerprint density at radius 1 is 1.16 bits per heavy atom. The lowest BCUT2D eigenvalue weighted by Crippen LogP contribution is -2.19. The Labute approximate surface area is 187 Å². The van der Waals surface area contributed by atoms with E-state index < -0.39 is 0 Å². The van der Waals surface area contributed by atoms with Gasteiger partial charge in [-0.25, -0.2) is 0 Å². The van der Waals surface area contributed by atoms with E-state index in [4.69, 9.17) is 4.74 Å². The second-order valence-electron chi connectivity index (χ2n) is 9.61. The topological polar surface area (TPSA) is 44.8 Å². The summed E-state index contributed by atoms with van der Waals surface area (Å²) < 4.78 is 5.71. The SMILES string of the molecule is CC1=C(/C=C/C(C)=C/C=C/C(C)=C/C2OC2Nc2ccc(O)c(C)c2)C(C)(C)CCC1. The van der Waals surface area contributed by atoms with Crippen molar-refractivity contribution in [3.63, 3.8) is 0 Å². The fourth-order valence-electron chi connectivity index (χ4n) is 4.22. The Morgan fingerprint density at radius 2 is 1.94 bits per heavy atom. The van der Waals surface area contributed by atoms with E-state index in [9.17, 15) is 5.11 Å². The van der Waals surface area contributed by atoms with Gasteiger partial charge in [0.2, 0.25) is 0 Å². The molecule has 31 heavy (non-hydrogen) atoms. The van der Waals surface area contributed by atoms with E-state index >= 15 is 0 Å². The highest BCUT2D eigenvalue weighted by Gasteiger charge is 2.36. The number of anilines is 1. The maximum absolute atomic E-state index is 9.63. The van der Waals surface area contributed by atoms with Gasteiger partial charge >= 0.3 is 0 Å². The summed E-state index contributed by atoms with van der Waals surface area (Å²) >= 11 is 0. The Bertz CT molecular complexity index is 959. The molecule has 0 spiro atoms. The standard InChI is InChI=1S/C28H37NO2/c1-19(12-14-24-21(3)11-8-16-28(24,5)6)9-7-10-20(2)17-26-27(31-26)29-23-13-15-25(30)22(4)18-23/h7,9-10,12-15,17-18,26-27,29-30H,8,11,16H2,1-6H3/b10-7+,14-12+,19-9+,20-17+. The van der Waals surface area contributed by atoms with Crippen molar-refractivity contribution in [2.45, 2.75) is 73.1 Å². The maximum atomic E-state index is 9.63. The summed E-state index contributed by atoms with van der Waals surface area (Å²) in [7, 11) is 0. The molecule has 1 aliphatic heterocycles. The molecule has 1 aromatic carbocycles. The first-order valence-electron chi connectivity index (χ1n) is 11.3. The molecule has 0 radical (unpaired) electrons.